The Balaban J connectivity index is 2.00. The Morgan fingerprint density at radius 1 is 1.43 bits per heavy atom. The van der Waals surface area contributed by atoms with E-state index in [-0.39, 0.29) is 18.5 Å². The van der Waals surface area contributed by atoms with Crippen molar-refractivity contribution in [1.82, 2.24) is 0 Å². The number of nitrogens with zero attached hydrogens (tertiary/aromatic N) is 2. The van der Waals surface area contributed by atoms with E-state index in [1.807, 2.05) is 6.07 Å². The first-order valence-electron chi connectivity index (χ1n) is 6.90. The summed E-state index contributed by atoms with van der Waals surface area (Å²) in [5.41, 5.74) is 7.07. The van der Waals surface area contributed by atoms with Crippen LogP contribution in [0.25, 0.3) is 0 Å². The minimum atomic E-state index is 0.0413. The van der Waals surface area contributed by atoms with E-state index in [0.717, 1.165) is 31.6 Å². The average molecular weight is 314 g/mol. The number of amidine groups is 1. The molecule has 1 aromatic carbocycles. The maximum atomic E-state index is 8.76. The van der Waals surface area contributed by atoms with Crippen molar-refractivity contribution in [3.8, 4) is 0 Å². The molecule has 116 valence electrons. The summed E-state index contributed by atoms with van der Waals surface area (Å²) in [6, 6.07) is 5.36. The first kappa shape index (κ1) is 15.9. The fourth-order valence-electron chi connectivity index (χ4n) is 2.46. The number of benzene rings is 1. The van der Waals surface area contributed by atoms with E-state index in [1.165, 1.54) is 0 Å². The molecule has 0 unspecified atom stereocenters. The van der Waals surface area contributed by atoms with Crippen LogP contribution >= 0.6 is 11.6 Å². The predicted octanol–water partition coefficient (Wildman–Crippen LogP) is 1.41. The van der Waals surface area contributed by atoms with E-state index in [2.05, 4.69) is 10.1 Å². The highest BCUT2D eigenvalue weighted by atomic mass is 35.5. The molecule has 0 amide bonds. The summed E-state index contributed by atoms with van der Waals surface area (Å²) in [5, 5.41) is 21.0. The van der Waals surface area contributed by atoms with Crippen LogP contribution in [0.1, 0.15) is 18.4 Å². The predicted molar refractivity (Wildman–Crippen MR) is 82.2 cm³/mol. The van der Waals surface area contributed by atoms with Crippen LogP contribution in [-0.2, 0) is 4.74 Å². The zero-order valence-corrected chi connectivity index (χ0v) is 12.5. The minimum Gasteiger partial charge on any atom is -0.409 e. The fraction of sp³-hybridized carbons (Fsp3) is 0.500. The molecule has 1 aliphatic rings. The van der Waals surface area contributed by atoms with Crippen LogP contribution in [0.2, 0.25) is 5.02 Å². The van der Waals surface area contributed by atoms with E-state index in [1.54, 1.807) is 12.1 Å². The Morgan fingerprint density at radius 2 is 2.14 bits per heavy atom. The van der Waals surface area contributed by atoms with Gasteiger partial charge in [0.2, 0.25) is 0 Å². The van der Waals surface area contributed by atoms with Gasteiger partial charge in [-0.25, -0.2) is 0 Å². The van der Waals surface area contributed by atoms with Crippen molar-refractivity contribution in [2.45, 2.75) is 18.9 Å². The lowest BCUT2D eigenvalue weighted by Crippen LogP contribution is -2.37. The highest BCUT2D eigenvalue weighted by Crippen LogP contribution is 2.29. The molecule has 1 aromatic rings. The summed E-state index contributed by atoms with van der Waals surface area (Å²) in [4.78, 5) is 2.19. The number of piperidine rings is 1. The van der Waals surface area contributed by atoms with Crippen LogP contribution in [0.5, 0.6) is 0 Å². The van der Waals surface area contributed by atoms with Crippen LogP contribution in [0.15, 0.2) is 23.4 Å². The molecule has 1 saturated heterocycles. The number of ether oxygens (including phenoxy) is 1. The number of oxime groups is 1. The first-order valence-corrected chi connectivity index (χ1v) is 7.28. The van der Waals surface area contributed by atoms with Crippen molar-refractivity contribution in [2.75, 3.05) is 31.2 Å². The van der Waals surface area contributed by atoms with E-state index in [9.17, 15) is 0 Å². The number of rotatable bonds is 5. The third kappa shape index (κ3) is 4.00. The summed E-state index contributed by atoms with van der Waals surface area (Å²) >= 11 is 6.29. The molecule has 2 rings (SSSR count). The quantitative estimate of drug-likeness (QED) is 0.331. The molecular formula is C14H20ClN3O3. The van der Waals surface area contributed by atoms with Gasteiger partial charge < -0.3 is 25.7 Å². The number of nitrogens with two attached hydrogens (primary N) is 1. The second-order valence-corrected chi connectivity index (χ2v) is 5.34. The highest BCUT2D eigenvalue weighted by Gasteiger charge is 2.21. The molecule has 0 atom stereocenters. The maximum Gasteiger partial charge on any atom is 0.170 e. The van der Waals surface area contributed by atoms with E-state index in [0.29, 0.717) is 17.2 Å². The van der Waals surface area contributed by atoms with Crippen LogP contribution in [0, 0.1) is 0 Å². The van der Waals surface area contributed by atoms with Crippen molar-refractivity contribution in [3.63, 3.8) is 0 Å². The number of anilines is 1. The van der Waals surface area contributed by atoms with Gasteiger partial charge in [0.1, 0.15) is 0 Å². The number of halogens is 1. The summed E-state index contributed by atoms with van der Waals surface area (Å²) in [7, 11) is 0. The van der Waals surface area contributed by atoms with E-state index >= 15 is 0 Å². The molecule has 1 fully saturated rings. The van der Waals surface area contributed by atoms with Gasteiger partial charge in [0, 0.05) is 18.7 Å². The topological polar surface area (TPSA) is 91.3 Å². The second kappa shape index (κ2) is 7.49. The molecule has 1 aliphatic heterocycles. The smallest absolute Gasteiger partial charge is 0.170 e. The van der Waals surface area contributed by atoms with Gasteiger partial charge in [0.25, 0.3) is 0 Å². The number of aliphatic hydroxyl groups is 1. The molecule has 0 spiro atoms. The van der Waals surface area contributed by atoms with Gasteiger partial charge in [-0.05, 0) is 31.0 Å². The standard InChI is InChI=1S/C14H20ClN3O3/c15-12-9-10(14(16)17-20)1-2-13(12)18-5-3-11(4-6-18)21-8-7-19/h1-2,9,11,19-20H,3-8H2,(H2,16,17). The SMILES string of the molecule is N/C(=N/O)c1ccc(N2CCC(OCCO)CC2)c(Cl)c1. The zero-order valence-electron chi connectivity index (χ0n) is 11.7. The normalized spacial score (nSPS) is 17.2. The molecule has 6 nitrogen and oxygen atoms in total. The maximum absolute atomic E-state index is 8.76. The van der Waals surface area contributed by atoms with Crippen molar-refractivity contribution in [2.24, 2.45) is 10.9 Å². The molecule has 0 aromatic heterocycles. The zero-order chi connectivity index (χ0) is 15.2. The molecule has 4 N–H and O–H groups in total. The largest absolute Gasteiger partial charge is 0.409 e. The van der Waals surface area contributed by atoms with Gasteiger partial charge in [-0.2, -0.15) is 0 Å². The average Bonchev–Trinajstić information content (AvgIpc) is 2.52. The second-order valence-electron chi connectivity index (χ2n) is 4.93. The third-order valence-corrected chi connectivity index (χ3v) is 3.88. The summed E-state index contributed by atoms with van der Waals surface area (Å²) in [6.45, 7) is 2.14. The molecule has 7 heteroatoms. The van der Waals surface area contributed by atoms with Gasteiger partial charge >= 0.3 is 0 Å². The van der Waals surface area contributed by atoms with Crippen LogP contribution < -0.4 is 10.6 Å². The highest BCUT2D eigenvalue weighted by molar-refractivity contribution is 6.33. The van der Waals surface area contributed by atoms with E-state index in [4.69, 9.17) is 32.4 Å². The Kier molecular flexibility index (Phi) is 5.67. The summed E-state index contributed by atoms with van der Waals surface area (Å²) < 4.78 is 5.54. The number of hydrogen-bond acceptors (Lipinski definition) is 5. The minimum absolute atomic E-state index is 0.0413. The Hall–Kier alpha value is -1.50. The third-order valence-electron chi connectivity index (χ3n) is 3.58. The molecule has 0 saturated carbocycles. The lowest BCUT2D eigenvalue weighted by molar-refractivity contribution is 0.0159. The monoisotopic (exact) mass is 313 g/mol. The van der Waals surface area contributed by atoms with Crippen LogP contribution in [-0.4, -0.2) is 48.6 Å². The molecule has 0 aliphatic carbocycles. The lowest BCUT2D eigenvalue weighted by atomic mass is 10.1. The van der Waals surface area contributed by atoms with Gasteiger partial charge in [-0.1, -0.05) is 16.8 Å². The van der Waals surface area contributed by atoms with Gasteiger partial charge in [-0.15, -0.1) is 0 Å². The molecule has 0 radical (unpaired) electrons. The van der Waals surface area contributed by atoms with Gasteiger partial charge in [0.05, 0.1) is 30.0 Å². The summed E-state index contributed by atoms with van der Waals surface area (Å²) in [5.74, 6) is 0.0413. The molecule has 0 bridgehead atoms. The van der Waals surface area contributed by atoms with Gasteiger partial charge in [-0.3, -0.25) is 0 Å². The van der Waals surface area contributed by atoms with E-state index < -0.39 is 0 Å². The van der Waals surface area contributed by atoms with Crippen LogP contribution in [0.4, 0.5) is 5.69 Å². The Bertz CT molecular complexity index is 502. The van der Waals surface area contributed by atoms with Crippen molar-refractivity contribution >= 4 is 23.1 Å². The molecular weight excluding hydrogens is 294 g/mol. The number of hydrogen-bond donors (Lipinski definition) is 3. The van der Waals surface area contributed by atoms with Crippen molar-refractivity contribution in [1.29, 1.82) is 0 Å². The fourth-order valence-corrected chi connectivity index (χ4v) is 2.76. The number of aliphatic hydroxyl groups excluding tert-OH is 1. The van der Waals surface area contributed by atoms with Crippen LogP contribution in [0.3, 0.4) is 0 Å². The summed E-state index contributed by atoms with van der Waals surface area (Å²) in [6.07, 6.45) is 2.00. The van der Waals surface area contributed by atoms with Crippen molar-refractivity contribution in [3.05, 3.63) is 28.8 Å². The lowest BCUT2D eigenvalue weighted by Gasteiger charge is -2.34. The first-order chi connectivity index (χ1) is 10.2. The molecule has 1 heterocycles. The molecule has 21 heavy (non-hydrogen) atoms. The van der Waals surface area contributed by atoms with Gasteiger partial charge in [0.15, 0.2) is 5.84 Å². The van der Waals surface area contributed by atoms with Crippen molar-refractivity contribution < 1.29 is 15.1 Å². The Labute approximate surface area is 128 Å². The Morgan fingerprint density at radius 3 is 2.71 bits per heavy atom.